The smallest absolute Gasteiger partial charge is 0.252 e. The molecule has 0 radical (unpaired) electrons. The van der Waals surface area contributed by atoms with Crippen LogP contribution in [-0.4, -0.2) is 78.7 Å². The summed E-state index contributed by atoms with van der Waals surface area (Å²) in [7, 11) is -3.56. The first-order chi connectivity index (χ1) is 11.4. The van der Waals surface area contributed by atoms with Gasteiger partial charge in [0, 0.05) is 26.2 Å². The number of hydrogen-bond acceptors (Lipinski definition) is 6. The van der Waals surface area contributed by atoms with Gasteiger partial charge in [-0.2, -0.15) is 4.31 Å². The fraction of sp³-hybridized carbons (Fsp3) is 0.538. The summed E-state index contributed by atoms with van der Waals surface area (Å²) in [6.07, 6.45) is 0. The Labute approximate surface area is 153 Å². The first-order valence-electron chi connectivity index (χ1n) is 7.27. The number of nitrogens with zero attached hydrogens (tertiary/aromatic N) is 3. The zero-order valence-corrected chi connectivity index (χ0v) is 15.9. The summed E-state index contributed by atoms with van der Waals surface area (Å²) in [5.74, 6) is 0.798. The Kier molecular flexibility index (Phi) is 5.40. The molecular weight excluding hydrogens is 394 g/mol. The van der Waals surface area contributed by atoms with Crippen molar-refractivity contribution in [1.82, 2.24) is 14.1 Å². The van der Waals surface area contributed by atoms with Gasteiger partial charge >= 0.3 is 0 Å². The molecule has 24 heavy (non-hydrogen) atoms. The van der Waals surface area contributed by atoms with E-state index in [1.807, 2.05) is 0 Å². The minimum Gasteiger partial charge on any atom is -0.339 e. The van der Waals surface area contributed by atoms with Gasteiger partial charge in [0.1, 0.15) is 10.8 Å². The second-order valence-corrected chi connectivity index (χ2v) is 10.2. The molecule has 0 spiro atoms. The Hall–Kier alpha value is -0.810. The van der Waals surface area contributed by atoms with Gasteiger partial charge in [0.2, 0.25) is 11.8 Å². The van der Waals surface area contributed by atoms with Gasteiger partial charge in [-0.15, -0.1) is 23.1 Å². The number of rotatable bonds is 4. The molecular formula is C13H16ClN3O4S3. The van der Waals surface area contributed by atoms with E-state index < -0.39 is 10.0 Å². The van der Waals surface area contributed by atoms with Gasteiger partial charge in [-0.1, -0.05) is 11.6 Å². The fourth-order valence-electron chi connectivity index (χ4n) is 2.54. The predicted octanol–water partition coefficient (Wildman–Crippen LogP) is 0.767. The Morgan fingerprint density at radius 2 is 1.92 bits per heavy atom. The van der Waals surface area contributed by atoms with Crippen LogP contribution in [0.15, 0.2) is 16.3 Å². The Morgan fingerprint density at radius 3 is 2.46 bits per heavy atom. The van der Waals surface area contributed by atoms with Crippen molar-refractivity contribution in [3.63, 3.8) is 0 Å². The van der Waals surface area contributed by atoms with Crippen LogP contribution in [0.25, 0.3) is 0 Å². The lowest BCUT2D eigenvalue weighted by molar-refractivity contribution is -0.138. The molecule has 3 rings (SSSR count). The second kappa shape index (κ2) is 7.20. The van der Waals surface area contributed by atoms with E-state index in [0.717, 1.165) is 11.3 Å². The topological polar surface area (TPSA) is 78.0 Å². The van der Waals surface area contributed by atoms with Crippen molar-refractivity contribution in [2.75, 3.05) is 44.4 Å². The molecule has 2 amide bonds. The van der Waals surface area contributed by atoms with E-state index in [1.165, 1.54) is 27.0 Å². The summed E-state index contributed by atoms with van der Waals surface area (Å²) in [6.45, 7) is 1.20. The number of thiophene rings is 1. The van der Waals surface area contributed by atoms with Gasteiger partial charge in [0.15, 0.2) is 0 Å². The van der Waals surface area contributed by atoms with E-state index in [0.29, 0.717) is 29.1 Å². The Bertz CT molecular complexity index is 743. The molecule has 0 bridgehead atoms. The number of carbonyl (C=O) groups excluding carboxylic acids is 2. The van der Waals surface area contributed by atoms with Crippen LogP contribution in [0.5, 0.6) is 0 Å². The lowest BCUT2D eigenvalue weighted by Gasteiger charge is -2.34. The standard InChI is InChI=1S/C13H16ClN3O4S3/c14-10-1-2-13(23-10)24(20,21)17-5-3-15(4-6-17)11(18)7-16-9-22-8-12(16)19/h1-2H,3-9H2. The van der Waals surface area contributed by atoms with Gasteiger partial charge in [0.25, 0.3) is 10.0 Å². The molecule has 132 valence electrons. The third kappa shape index (κ3) is 3.72. The summed E-state index contributed by atoms with van der Waals surface area (Å²) in [4.78, 5) is 27.0. The summed E-state index contributed by atoms with van der Waals surface area (Å²) in [5, 5.41) is 0. The van der Waals surface area contributed by atoms with Crippen LogP contribution in [0.3, 0.4) is 0 Å². The molecule has 1 aromatic rings. The van der Waals surface area contributed by atoms with Crippen molar-refractivity contribution in [2.24, 2.45) is 0 Å². The minimum atomic E-state index is -3.56. The zero-order chi connectivity index (χ0) is 17.3. The highest BCUT2D eigenvalue weighted by Gasteiger charge is 2.32. The molecule has 1 aromatic heterocycles. The van der Waals surface area contributed by atoms with Gasteiger partial charge < -0.3 is 9.80 Å². The molecule has 3 heterocycles. The highest BCUT2D eigenvalue weighted by molar-refractivity contribution is 8.00. The molecule has 0 aliphatic carbocycles. The maximum absolute atomic E-state index is 12.5. The SMILES string of the molecule is O=C(CN1CSCC1=O)N1CCN(S(=O)(=O)c2ccc(Cl)s2)CC1. The van der Waals surface area contributed by atoms with Crippen molar-refractivity contribution in [3.05, 3.63) is 16.5 Å². The monoisotopic (exact) mass is 409 g/mol. The fourth-order valence-corrected chi connectivity index (χ4v) is 6.51. The van der Waals surface area contributed by atoms with Crippen molar-refractivity contribution < 1.29 is 18.0 Å². The van der Waals surface area contributed by atoms with Gasteiger partial charge in [0.05, 0.1) is 16.0 Å². The molecule has 2 fully saturated rings. The van der Waals surface area contributed by atoms with E-state index >= 15 is 0 Å². The number of hydrogen-bond donors (Lipinski definition) is 0. The summed E-state index contributed by atoms with van der Waals surface area (Å²) >= 11 is 8.33. The van der Waals surface area contributed by atoms with E-state index in [2.05, 4.69) is 0 Å². The van der Waals surface area contributed by atoms with Crippen LogP contribution in [0.1, 0.15) is 0 Å². The molecule has 0 N–H and O–H groups in total. The highest BCUT2D eigenvalue weighted by atomic mass is 35.5. The van der Waals surface area contributed by atoms with Crippen molar-refractivity contribution >= 4 is 56.5 Å². The zero-order valence-electron chi connectivity index (χ0n) is 12.7. The third-order valence-corrected chi connectivity index (χ3v) is 8.43. The molecule has 7 nitrogen and oxygen atoms in total. The normalized spacial score (nSPS) is 20.0. The van der Waals surface area contributed by atoms with E-state index in [9.17, 15) is 18.0 Å². The van der Waals surface area contributed by atoms with Crippen molar-refractivity contribution in [1.29, 1.82) is 0 Å². The molecule has 2 aliphatic rings. The second-order valence-electron chi connectivity index (χ2n) is 5.41. The summed E-state index contributed by atoms with van der Waals surface area (Å²) in [6, 6.07) is 3.06. The Balaban J connectivity index is 1.57. The average molecular weight is 410 g/mol. The summed E-state index contributed by atoms with van der Waals surface area (Å²) < 4.78 is 27.0. The molecule has 11 heteroatoms. The largest absolute Gasteiger partial charge is 0.339 e. The molecule has 0 atom stereocenters. The predicted molar refractivity (Wildman–Crippen MR) is 93.7 cm³/mol. The van der Waals surface area contributed by atoms with Crippen LogP contribution in [-0.2, 0) is 19.6 Å². The average Bonchev–Trinajstić information content (AvgIpc) is 3.17. The van der Waals surface area contributed by atoms with E-state index in [-0.39, 0.29) is 35.7 Å². The number of halogens is 1. The van der Waals surface area contributed by atoms with Crippen LogP contribution in [0.2, 0.25) is 4.34 Å². The first-order valence-corrected chi connectivity index (χ1v) is 11.1. The van der Waals surface area contributed by atoms with Crippen LogP contribution in [0.4, 0.5) is 0 Å². The van der Waals surface area contributed by atoms with E-state index in [4.69, 9.17) is 11.6 Å². The maximum Gasteiger partial charge on any atom is 0.252 e. The third-order valence-electron chi connectivity index (χ3n) is 3.89. The van der Waals surface area contributed by atoms with Crippen molar-refractivity contribution in [2.45, 2.75) is 4.21 Å². The van der Waals surface area contributed by atoms with E-state index in [1.54, 1.807) is 11.0 Å². The minimum absolute atomic E-state index is 0.0239. The maximum atomic E-state index is 12.5. The number of thioether (sulfide) groups is 1. The molecule has 2 aliphatic heterocycles. The van der Waals surface area contributed by atoms with Crippen LogP contribution in [0, 0.1) is 0 Å². The molecule has 0 saturated carbocycles. The Morgan fingerprint density at radius 1 is 1.21 bits per heavy atom. The lowest BCUT2D eigenvalue weighted by Crippen LogP contribution is -2.52. The van der Waals surface area contributed by atoms with Gasteiger partial charge in [-0.05, 0) is 12.1 Å². The number of carbonyl (C=O) groups is 2. The molecule has 0 unspecified atom stereocenters. The van der Waals surface area contributed by atoms with Gasteiger partial charge in [-0.25, -0.2) is 8.42 Å². The molecule has 0 aromatic carbocycles. The summed E-state index contributed by atoms with van der Waals surface area (Å²) in [5.41, 5.74) is 0. The first kappa shape index (κ1) is 18.0. The highest BCUT2D eigenvalue weighted by Crippen LogP contribution is 2.28. The molecule has 2 saturated heterocycles. The van der Waals surface area contributed by atoms with Crippen LogP contribution < -0.4 is 0 Å². The van der Waals surface area contributed by atoms with Crippen molar-refractivity contribution in [3.8, 4) is 0 Å². The lowest BCUT2D eigenvalue weighted by atomic mass is 10.3. The number of sulfonamides is 1. The quantitative estimate of drug-likeness (QED) is 0.733. The number of piperazine rings is 1. The van der Waals surface area contributed by atoms with Gasteiger partial charge in [-0.3, -0.25) is 9.59 Å². The van der Waals surface area contributed by atoms with Crippen LogP contribution >= 0.6 is 34.7 Å². The number of amides is 2.